The molecule has 1 aromatic carbocycles. The maximum Gasteiger partial charge on any atom is 0.207 e. The summed E-state index contributed by atoms with van der Waals surface area (Å²) in [7, 11) is 0. The van der Waals surface area contributed by atoms with Crippen LogP contribution in [0.5, 0.6) is 5.75 Å². The molecule has 1 aromatic heterocycles. The molecule has 2 aromatic rings. The molecule has 1 aliphatic rings. The molecule has 7 nitrogen and oxygen atoms in total. The third-order valence-electron chi connectivity index (χ3n) is 4.28. The number of hydrogen-bond donors (Lipinski definition) is 2. The predicted octanol–water partition coefficient (Wildman–Crippen LogP) is 2.04. The second kappa shape index (κ2) is 6.83. The van der Waals surface area contributed by atoms with Gasteiger partial charge in [-0.05, 0) is 44.2 Å². The molecule has 0 bridgehead atoms. The topological polar surface area (TPSA) is 114 Å². The van der Waals surface area contributed by atoms with Gasteiger partial charge in [0.1, 0.15) is 23.3 Å². The second-order valence-electron chi connectivity index (χ2n) is 6.43. The van der Waals surface area contributed by atoms with Crippen molar-refractivity contribution in [3.63, 3.8) is 0 Å². The Balaban J connectivity index is 2.06. The van der Waals surface area contributed by atoms with Crippen LogP contribution in [0.2, 0.25) is 0 Å². The SMILES string of the molecule is CC1(C)Oc2ccc(C#N)cc2[C@@H](NC(=NC#N)c2ccncc2)[C@@H]1O. The molecule has 0 spiro atoms. The van der Waals surface area contributed by atoms with Crippen molar-refractivity contribution in [3.05, 3.63) is 59.4 Å². The molecule has 2 atom stereocenters. The van der Waals surface area contributed by atoms with Crippen LogP contribution in [-0.2, 0) is 0 Å². The lowest BCUT2D eigenvalue weighted by Gasteiger charge is -2.42. The molecule has 130 valence electrons. The maximum absolute atomic E-state index is 10.9. The number of aliphatic hydroxyl groups is 1. The molecule has 2 N–H and O–H groups in total. The highest BCUT2D eigenvalue weighted by Crippen LogP contribution is 2.40. The minimum absolute atomic E-state index is 0.310. The number of aliphatic imine (C=N–C) groups is 1. The summed E-state index contributed by atoms with van der Waals surface area (Å²) in [6.07, 6.45) is 4.03. The number of fused-ring (bicyclic) bond motifs is 1. The first-order valence-corrected chi connectivity index (χ1v) is 8.01. The first-order valence-electron chi connectivity index (χ1n) is 8.01. The lowest BCUT2D eigenvalue weighted by Crippen LogP contribution is -2.53. The van der Waals surface area contributed by atoms with Crippen LogP contribution in [0.4, 0.5) is 0 Å². The van der Waals surface area contributed by atoms with Crippen LogP contribution in [0.25, 0.3) is 0 Å². The van der Waals surface area contributed by atoms with Gasteiger partial charge in [0.15, 0.2) is 0 Å². The first kappa shape index (κ1) is 17.4. The number of pyridine rings is 1. The minimum Gasteiger partial charge on any atom is -0.485 e. The Morgan fingerprint density at radius 3 is 2.65 bits per heavy atom. The summed E-state index contributed by atoms with van der Waals surface area (Å²) in [5.74, 6) is 0.882. The van der Waals surface area contributed by atoms with Gasteiger partial charge >= 0.3 is 0 Å². The monoisotopic (exact) mass is 347 g/mol. The lowest BCUT2D eigenvalue weighted by molar-refractivity contribution is -0.0610. The van der Waals surface area contributed by atoms with E-state index in [1.165, 1.54) is 0 Å². The molecule has 0 unspecified atom stereocenters. The van der Waals surface area contributed by atoms with E-state index in [4.69, 9.17) is 10.00 Å². The van der Waals surface area contributed by atoms with Crippen LogP contribution < -0.4 is 10.1 Å². The van der Waals surface area contributed by atoms with Crippen molar-refractivity contribution in [1.29, 1.82) is 10.5 Å². The summed E-state index contributed by atoms with van der Waals surface area (Å²) < 4.78 is 5.89. The number of ether oxygens (including phenoxy) is 1. The summed E-state index contributed by atoms with van der Waals surface area (Å²) in [5, 5.41) is 32.2. The van der Waals surface area contributed by atoms with E-state index in [0.29, 0.717) is 28.3 Å². The van der Waals surface area contributed by atoms with Gasteiger partial charge in [-0.3, -0.25) is 4.98 Å². The number of nitrogens with one attached hydrogen (secondary N) is 1. The summed E-state index contributed by atoms with van der Waals surface area (Å²) in [4.78, 5) is 7.81. The Hall–Kier alpha value is -3.42. The van der Waals surface area contributed by atoms with Gasteiger partial charge in [-0.15, -0.1) is 0 Å². The fourth-order valence-corrected chi connectivity index (χ4v) is 2.91. The molecule has 0 aliphatic carbocycles. The van der Waals surface area contributed by atoms with Gasteiger partial charge < -0.3 is 15.2 Å². The van der Waals surface area contributed by atoms with Crippen LogP contribution >= 0.6 is 0 Å². The van der Waals surface area contributed by atoms with Crippen molar-refractivity contribution in [2.24, 2.45) is 4.99 Å². The number of rotatable bonds is 2. The zero-order valence-electron chi connectivity index (χ0n) is 14.3. The molecule has 3 rings (SSSR count). The van der Waals surface area contributed by atoms with E-state index in [-0.39, 0.29) is 0 Å². The van der Waals surface area contributed by atoms with Gasteiger partial charge in [0.25, 0.3) is 0 Å². The van der Waals surface area contributed by atoms with E-state index in [9.17, 15) is 10.4 Å². The Morgan fingerprint density at radius 1 is 1.27 bits per heavy atom. The maximum atomic E-state index is 10.9. The summed E-state index contributed by atoms with van der Waals surface area (Å²) in [6, 6.07) is 9.95. The van der Waals surface area contributed by atoms with Crippen LogP contribution in [0, 0.1) is 22.8 Å². The highest BCUT2D eigenvalue weighted by atomic mass is 16.5. The van der Waals surface area contributed by atoms with Gasteiger partial charge in [-0.2, -0.15) is 15.5 Å². The number of benzene rings is 1. The van der Waals surface area contributed by atoms with Crippen molar-refractivity contribution >= 4 is 5.84 Å². The molecule has 0 radical (unpaired) electrons. The van der Waals surface area contributed by atoms with Crippen LogP contribution in [0.1, 0.15) is 36.6 Å². The van der Waals surface area contributed by atoms with E-state index in [2.05, 4.69) is 21.4 Å². The molecule has 2 heterocycles. The van der Waals surface area contributed by atoms with Crippen molar-refractivity contribution in [1.82, 2.24) is 10.3 Å². The zero-order chi connectivity index (χ0) is 18.7. The number of nitriles is 2. The normalized spacial score (nSPS) is 20.9. The average Bonchev–Trinajstić information content (AvgIpc) is 2.65. The molecular weight excluding hydrogens is 330 g/mol. The van der Waals surface area contributed by atoms with Gasteiger partial charge in [-0.1, -0.05) is 0 Å². The molecule has 7 heteroatoms. The Labute approximate surface area is 151 Å². The van der Waals surface area contributed by atoms with Crippen LogP contribution in [-0.4, -0.2) is 27.6 Å². The number of aliphatic hydroxyl groups excluding tert-OH is 1. The van der Waals surface area contributed by atoms with E-state index >= 15 is 0 Å². The molecule has 26 heavy (non-hydrogen) atoms. The quantitative estimate of drug-likeness (QED) is 0.488. The lowest BCUT2D eigenvalue weighted by atomic mass is 9.85. The summed E-state index contributed by atoms with van der Waals surface area (Å²) in [6.45, 7) is 3.56. The summed E-state index contributed by atoms with van der Waals surface area (Å²) in [5.41, 5.74) is 0.884. The predicted molar refractivity (Wildman–Crippen MR) is 94.1 cm³/mol. The van der Waals surface area contributed by atoms with Crippen LogP contribution in [0.3, 0.4) is 0 Å². The van der Waals surface area contributed by atoms with Crippen molar-refractivity contribution in [2.45, 2.75) is 31.6 Å². The van der Waals surface area contributed by atoms with Gasteiger partial charge in [0.2, 0.25) is 6.19 Å². The average molecular weight is 347 g/mol. The number of hydrogen-bond acceptors (Lipinski definition) is 6. The zero-order valence-corrected chi connectivity index (χ0v) is 14.3. The van der Waals surface area contributed by atoms with Gasteiger partial charge in [0, 0.05) is 23.5 Å². The highest BCUT2D eigenvalue weighted by molar-refractivity contribution is 5.99. The largest absolute Gasteiger partial charge is 0.485 e. The smallest absolute Gasteiger partial charge is 0.207 e. The van der Waals surface area contributed by atoms with E-state index < -0.39 is 17.7 Å². The van der Waals surface area contributed by atoms with Crippen molar-refractivity contribution in [3.8, 4) is 18.0 Å². The number of amidine groups is 1. The molecule has 0 fully saturated rings. The molecular formula is C19H17N5O2. The van der Waals surface area contributed by atoms with Crippen molar-refractivity contribution in [2.75, 3.05) is 0 Å². The molecule has 0 saturated heterocycles. The molecule has 1 aliphatic heterocycles. The first-order chi connectivity index (χ1) is 12.5. The van der Waals surface area contributed by atoms with Crippen LogP contribution in [0.15, 0.2) is 47.7 Å². The fraction of sp³-hybridized carbons (Fsp3) is 0.263. The third kappa shape index (κ3) is 3.21. The minimum atomic E-state index is -0.935. The third-order valence-corrected chi connectivity index (χ3v) is 4.28. The van der Waals surface area contributed by atoms with E-state index in [1.807, 2.05) is 0 Å². The van der Waals surface area contributed by atoms with Gasteiger partial charge in [0.05, 0.1) is 17.7 Å². The highest BCUT2D eigenvalue weighted by Gasteiger charge is 2.43. The molecule has 0 saturated carbocycles. The number of nitrogens with zero attached hydrogens (tertiary/aromatic N) is 4. The summed E-state index contributed by atoms with van der Waals surface area (Å²) >= 11 is 0. The Kier molecular flexibility index (Phi) is 4.57. The fourth-order valence-electron chi connectivity index (χ4n) is 2.91. The standard InChI is InChI=1S/C19H17N5O2/c1-19(2)17(25)16(14-9-12(10-20)3-4-15(14)26-19)24-18(23-11-21)13-5-7-22-8-6-13/h3-9,16-17,25H,1-2H3,(H,23,24)/t16-,17+/m1/s1. The van der Waals surface area contributed by atoms with Crippen molar-refractivity contribution < 1.29 is 9.84 Å². The number of aromatic nitrogens is 1. The Bertz CT molecular complexity index is 925. The van der Waals surface area contributed by atoms with E-state index in [1.54, 1.807) is 62.8 Å². The van der Waals surface area contributed by atoms with Gasteiger partial charge in [-0.25, -0.2) is 0 Å². The Morgan fingerprint density at radius 2 is 2.00 bits per heavy atom. The van der Waals surface area contributed by atoms with E-state index in [0.717, 1.165) is 0 Å². The second-order valence-corrected chi connectivity index (χ2v) is 6.43. The molecule has 0 amide bonds.